The Morgan fingerprint density at radius 1 is 1.31 bits per heavy atom. The minimum absolute atomic E-state index is 0.0947. The van der Waals surface area contributed by atoms with E-state index < -0.39 is 11.7 Å². The smallest absolute Gasteiger partial charge is 0.407 e. The van der Waals surface area contributed by atoms with Crippen LogP contribution in [-0.4, -0.2) is 24.0 Å². The van der Waals surface area contributed by atoms with Gasteiger partial charge in [0.1, 0.15) is 5.60 Å². The molecule has 4 nitrogen and oxygen atoms in total. The lowest BCUT2D eigenvalue weighted by atomic mass is 10.2. The number of allylic oxidation sites excluding steroid dienone is 1. The van der Waals surface area contributed by atoms with Gasteiger partial charge >= 0.3 is 6.09 Å². The van der Waals surface area contributed by atoms with Crippen molar-refractivity contribution in [3.63, 3.8) is 0 Å². The number of rotatable bonds is 5. The van der Waals surface area contributed by atoms with Crippen LogP contribution >= 0.6 is 0 Å². The van der Waals surface area contributed by atoms with Crippen LogP contribution in [0.4, 0.5) is 4.79 Å². The minimum Gasteiger partial charge on any atom is -0.444 e. The van der Waals surface area contributed by atoms with Crippen molar-refractivity contribution in [2.45, 2.75) is 46.1 Å². The molecule has 0 saturated heterocycles. The summed E-state index contributed by atoms with van der Waals surface area (Å²) in [6.07, 6.45) is 4.00. The van der Waals surface area contributed by atoms with Crippen LogP contribution in [0.3, 0.4) is 0 Å². The highest BCUT2D eigenvalue weighted by Crippen LogP contribution is 2.06. The van der Waals surface area contributed by atoms with Gasteiger partial charge in [0, 0.05) is 13.0 Å². The molecule has 0 atom stereocenters. The van der Waals surface area contributed by atoms with Crippen molar-refractivity contribution in [3.05, 3.63) is 12.2 Å². The zero-order chi connectivity index (χ0) is 12.6. The summed E-state index contributed by atoms with van der Waals surface area (Å²) in [5.74, 6) is 0.0947. The Bertz CT molecular complexity index is 264. The van der Waals surface area contributed by atoms with Crippen LogP contribution in [0, 0.1) is 0 Å². The summed E-state index contributed by atoms with van der Waals surface area (Å²) in [6.45, 7) is 7.72. The summed E-state index contributed by atoms with van der Waals surface area (Å²) >= 11 is 0. The molecule has 0 spiro atoms. The molecule has 1 N–H and O–H groups in total. The Kier molecular flexibility index (Phi) is 6.46. The van der Waals surface area contributed by atoms with Crippen LogP contribution in [-0.2, 0) is 9.53 Å². The average Bonchev–Trinajstić information content (AvgIpc) is 2.14. The van der Waals surface area contributed by atoms with E-state index in [0.717, 1.165) is 0 Å². The third kappa shape index (κ3) is 9.24. The van der Waals surface area contributed by atoms with E-state index in [9.17, 15) is 9.59 Å². The number of carbonyl (C=O) groups is 2. The number of ketones is 1. The van der Waals surface area contributed by atoms with Gasteiger partial charge in [-0.15, -0.1) is 0 Å². The van der Waals surface area contributed by atoms with Gasteiger partial charge in [0.2, 0.25) is 0 Å². The number of hydrogen-bond donors (Lipinski definition) is 1. The summed E-state index contributed by atoms with van der Waals surface area (Å²) in [7, 11) is 0. The Hall–Kier alpha value is -1.32. The molecule has 0 aliphatic heterocycles. The molecule has 0 saturated carbocycles. The molecule has 16 heavy (non-hydrogen) atoms. The van der Waals surface area contributed by atoms with Gasteiger partial charge in [-0.3, -0.25) is 4.79 Å². The van der Waals surface area contributed by atoms with Crippen LogP contribution in [0.5, 0.6) is 0 Å². The van der Waals surface area contributed by atoms with Gasteiger partial charge in [-0.2, -0.15) is 0 Å². The Morgan fingerprint density at radius 3 is 2.44 bits per heavy atom. The molecular formula is C12H21NO3. The van der Waals surface area contributed by atoms with E-state index in [0.29, 0.717) is 19.4 Å². The van der Waals surface area contributed by atoms with Gasteiger partial charge in [0.15, 0.2) is 5.78 Å². The molecule has 0 fully saturated rings. The second kappa shape index (κ2) is 7.04. The van der Waals surface area contributed by atoms with Crippen molar-refractivity contribution < 1.29 is 14.3 Å². The third-order valence-corrected chi connectivity index (χ3v) is 1.63. The second-order valence-corrected chi connectivity index (χ2v) is 4.44. The molecule has 0 radical (unpaired) electrons. The fourth-order valence-electron chi connectivity index (χ4n) is 0.904. The topological polar surface area (TPSA) is 55.4 Å². The molecule has 0 aromatic carbocycles. The SMILES string of the molecule is CCC(=O)/C=C/CCNC(=O)OC(C)(C)C. The van der Waals surface area contributed by atoms with Crippen molar-refractivity contribution in [2.75, 3.05) is 6.54 Å². The third-order valence-electron chi connectivity index (χ3n) is 1.63. The highest BCUT2D eigenvalue weighted by atomic mass is 16.6. The number of carbonyl (C=O) groups excluding carboxylic acids is 2. The fraction of sp³-hybridized carbons (Fsp3) is 0.667. The number of alkyl carbamates (subject to hydrolysis) is 1. The molecule has 0 aromatic rings. The summed E-state index contributed by atoms with van der Waals surface area (Å²) in [6, 6.07) is 0. The van der Waals surface area contributed by atoms with Crippen LogP contribution in [0.25, 0.3) is 0 Å². The summed E-state index contributed by atoms with van der Waals surface area (Å²) in [4.78, 5) is 22.1. The van der Waals surface area contributed by atoms with Crippen LogP contribution in [0.15, 0.2) is 12.2 Å². The number of nitrogens with one attached hydrogen (secondary N) is 1. The van der Waals surface area contributed by atoms with Crippen LogP contribution in [0.1, 0.15) is 40.5 Å². The maximum Gasteiger partial charge on any atom is 0.407 e. The lowest BCUT2D eigenvalue weighted by Gasteiger charge is -2.19. The van der Waals surface area contributed by atoms with E-state index >= 15 is 0 Å². The van der Waals surface area contributed by atoms with Gasteiger partial charge in [0.25, 0.3) is 0 Å². The van der Waals surface area contributed by atoms with Crippen LogP contribution < -0.4 is 5.32 Å². The van der Waals surface area contributed by atoms with Gasteiger partial charge in [-0.05, 0) is 33.3 Å². The Balaban J connectivity index is 3.64. The lowest BCUT2D eigenvalue weighted by molar-refractivity contribution is -0.114. The molecule has 92 valence electrons. The van der Waals surface area contributed by atoms with Gasteiger partial charge in [-0.1, -0.05) is 13.0 Å². The first-order chi connectivity index (χ1) is 7.35. The quantitative estimate of drug-likeness (QED) is 0.579. The van der Waals surface area contributed by atoms with Gasteiger partial charge in [-0.25, -0.2) is 4.79 Å². The van der Waals surface area contributed by atoms with Crippen molar-refractivity contribution in [1.82, 2.24) is 5.32 Å². The predicted molar refractivity (Wildman–Crippen MR) is 63.3 cm³/mol. The second-order valence-electron chi connectivity index (χ2n) is 4.44. The minimum atomic E-state index is -0.474. The van der Waals surface area contributed by atoms with E-state index in [-0.39, 0.29) is 5.78 Å². The lowest BCUT2D eigenvalue weighted by Crippen LogP contribution is -2.32. The van der Waals surface area contributed by atoms with E-state index in [1.807, 2.05) is 27.7 Å². The van der Waals surface area contributed by atoms with Gasteiger partial charge in [0.05, 0.1) is 0 Å². The Morgan fingerprint density at radius 2 is 1.94 bits per heavy atom. The molecular weight excluding hydrogens is 206 g/mol. The summed E-state index contributed by atoms with van der Waals surface area (Å²) in [5.41, 5.74) is -0.474. The van der Waals surface area contributed by atoms with E-state index in [1.54, 1.807) is 6.08 Å². The van der Waals surface area contributed by atoms with E-state index in [4.69, 9.17) is 4.74 Å². The molecule has 1 amide bonds. The highest BCUT2D eigenvalue weighted by molar-refractivity contribution is 5.89. The number of hydrogen-bond acceptors (Lipinski definition) is 3. The normalized spacial score (nSPS) is 11.5. The van der Waals surface area contributed by atoms with Crippen molar-refractivity contribution >= 4 is 11.9 Å². The molecule has 4 heteroatoms. The van der Waals surface area contributed by atoms with E-state index in [1.165, 1.54) is 6.08 Å². The molecule has 0 aliphatic rings. The number of amides is 1. The monoisotopic (exact) mass is 227 g/mol. The summed E-state index contributed by atoms with van der Waals surface area (Å²) < 4.78 is 5.05. The van der Waals surface area contributed by atoms with Crippen molar-refractivity contribution in [3.8, 4) is 0 Å². The van der Waals surface area contributed by atoms with Crippen molar-refractivity contribution in [1.29, 1.82) is 0 Å². The molecule has 0 aliphatic carbocycles. The Labute approximate surface area is 97.1 Å². The maximum absolute atomic E-state index is 11.2. The molecule has 0 rings (SSSR count). The van der Waals surface area contributed by atoms with Gasteiger partial charge < -0.3 is 10.1 Å². The van der Waals surface area contributed by atoms with E-state index in [2.05, 4.69) is 5.32 Å². The predicted octanol–water partition coefficient (Wildman–Crippen LogP) is 2.44. The largest absolute Gasteiger partial charge is 0.444 e. The first-order valence-corrected chi connectivity index (χ1v) is 5.51. The molecule has 0 aromatic heterocycles. The first-order valence-electron chi connectivity index (χ1n) is 5.51. The molecule has 0 unspecified atom stereocenters. The fourth-order valence-corrected chi connectivity index (χ4v) is 0.904. The average molecular weight is 227 g/mol. The number of ether oxygens (including phenoxy) is 1. The zero-order valence-corrected chi connectivity index (χ0v) is 10.5. The standard InChI is InChI=1S/C12H21NO3/c1-5-10(14)8-6-7-9-13-11(15)16-12(2,3)4/h6,8H,5,7,9H2,1-4H3,(H,13,15)/b8-6+. The maximum atomic E-state index is 11.2. The molecule has 0 heterocycles. The first kappa shape index (κ1) is 14.7. The van der Waals surface area contributed by atoms with Crippen molar-refractivity contribution in [2.24, 2.45) is 0 Å². The molecule has 0 bridgehead atoms. The summed E-state index contributed by atoms with van der Waals surface area (Å²) in [5, 5.41) is 2.61. The highest BCUT2D eigenvalue weighted by Gasteiger charge is 2.14. The van der Waals surface area contributed by atoms with Crippen LogP contribution in [0.2, 0.25) is 0 Å². The zero-order valence-electron chi connectivity index (χ0n) is 10.5.